The summed E-state index contributed by atoms with van der Waals surface area (Å²) < 4.78 is 26.9. The first-order valence-corrected chi connectivity index (χ1v) is 14.6. The predicted octanol–water partition coefficient (Wildman–Crippen LogP) is 5.25. The van der Waals surface area contributed by atoms with Crippen LogP contribution < -0.4 is 9.62 Å². The van der Waals surface area contributed by atoms with Crippen LogP contribution in [0.25, 0.3) is 0 Å². The monoisotopic (exact) mass is 605 g/mol. The first-order chi connectivity index (χ1) is 16.5. The fraction of sp³-hybridized carbons (Fsp3) is 0.417. The molecule has 2 aromatic rings. The highest BCUT2D eigenvalue weighted by Gasteiger charge is 2.32. The maximum atomic E-state index is 13.7. The number of nitrogens with one attached hydrogen (secondary N) is 1. The third-order valence-electron chi connectivity index (χ3n) is 5.41. The van der Waals surface area contributed by atoms with Crippen LogP contribution >= 0.6 is 39.1 Å². The summed E-state index contributed by atoms with van der Waals surface area (Å²) in [5.41, 5.74) is 0.801. The number of halogens is 3. The Hall–Kier alpha value is -1.81. The number of anilines is 1. The quantitative estimate of drug-likeness (QED) is 0.335. The average Bonchev–Trinajstić information content (AvgIpc) is 2.79. The fourth-order valence-electron chi connectivity index (χ4n) is 3.53. The van der Waals surface area contributed by atoms with Crippen molar-refractivity contribution >= 4 is 66.7 Å². The maximum Gasteiger partial charge on any atom is 0.244 e. The van der Waals surface area contributed by atoms with Crippen LogP contribution in [-0.4, -0.2) is 50.5 Å². The van der Waals surface area contributed by atoms with Crippen molar-refractivity contribution in [1.82, 2.24) is 10.2 Å². The van der Waals surface area contributed by atoms with Gasteiger partial charge in [-0.25, -0.2) is 8.42 Å². The molecule has 1 N–H and O–H groups in total. The minimum Gasteiger partial charge on any atom is -0.354 e. The van der Waals surface area contributed by atoms with Crippen molar-refractivity contribution in [2.24, 2.45) is 0 Å². The van der Waals surface area contributed by atoms with Crippen LogP contribution in [0.4, 0.5) is 5.69 Å². The van der Waals surface area contributed by atoms with Gasteiger partial charge in [0.15, 0.2) is 0 Å². The first-order valence-electron chi connectivity index (χ1n) is 11.2. The average molecular weight is 607 g/mol. The SMILES string of the molecule is CCCCNC(=O)[C@H](CC)N(Cc1c(Cl)cccc1Cl)C(=O)CN(c1ccccc1Br)S(C)(=O)=O. The summed E-state index contributed by atoms with van der Waals surface area (Å²) >= 11 is 16.1. The number of amides is 2. The summed E-state index contributed by atoms with van der Waals surface area (Å²) in [7, 11) is -3.83. The van der Waals surface area contributed by atoms with Crippen LogP contribution in [0.15, 0.2) is 46.9 Å². The lowest BCUT2D eigenvalue weighted by Crippen LogP contribution is -2.52. The van der Waals surface area contributed by atoms with Crippen molar-refractivity contribution in [3.63, 3.8) is 0 Å². The first kappa shape index (κ1) is 29.4. The number of hydrogen-bond donors (Lipinski definition) is 1. The Kier molecular flexibility index (Phi) is 11.3. The summed E-state index contributed by atoms with van der Waals surface area (Å²) in [5.74, 6) is -0.871. The van der Waals surface area contributed by atoms with Gasteiger partial charge >= 0.3 is 0 Å². The Morgan fingerprint density at radius 2 is 1.69 bits per heavy atom. The van der Waals surface area contributed by atoms with Crippen LogP contribution in [-0.2, 0) is 26.2 Å². The van der Waals surface area contributed by atoms with E-state index in [9.17, 15) is 18.0 Å². The van der Waals surface area contributed by atoms with Gasteiger partial charge in [0.05, 0.1) is 11.9 Å². The highest BCUT2D eigenvalue weighted by Crippen LogP contribution is 2.30. The second-order valence-electron chi connectivity index (χ2n) is 8.01. The Balaban J connectivity index is 2.48. The Bertz CT molecular complexity index is 1130. The second-order valence-corrected chi connectivity index (χ2v) is 11.6. The molecule has 0 saturated carbocycles. The van der Waals surface area contributed by atoms with Crippen LogP contribution in [0.1, 0.15) is 38.7 Å². The summed E-state index contributed by atoms with van der Waals surface area (Å²) in [4.78, 5) is 28.1. The number of benzene rings is 2. The lowest BCUT2D eigenvalue weighted by Gasteiger charge is -2.33. The summed E-state index contributed by atoms with van der Waals surface area (Å²) in [6.45, 7) is 3.74. The van der Waals surface area contributed by atoms with Gasteiger partial charge in [-0.05, 0) is 53.0 Å². The highest BCUT2D eigenvalue weighted by molar-refractivity contribution is 9.10. The molecular weight excluding hydrogens is 577 g/mol. The van der Waals surface area contributed by atoms with Gasteiger partial charge in [-0.3, -0.25) is 13.9 Å². The molecule has 35 heavy (non-hydrogen) atoms. The molecule has 0 saturated heterocycles. The molecule has 0 aromatic heterocycles. The Morgan fingerprint density at radius 3 is 2.23 bits per heavy atom. The smallest absolute Gasteiger partial charge is 0.244 e. The number of carbonyl (C=O) groups excluding carboxylic acids is 2. The molecule has 0 aliphatic carbocycles. The Labute approximate surface area is 225 Å². The normalized spacial score (nSPS) is 12.2. The lowest BCUT2D eigenvalue weighted by atomic mass is 10.1. The van der Waals surface area contributed by atoms with Gasteiger partial charge in [-0.15, -0.1) is 0 Å². The van der Waals surface area contributed by atoms with Crippen molar-refractivity contribution in [2.45, 2.75) is 45.7 Å². The van der Waals surface area contributed by atoms with Crippen LogP contribution in [0.3, 0.4) is 0 Å². The second kappa shape index (κ2) is 13.5. The molecule has 0 heterocycles. The number of carbonyl (C=O) groups is 2. The van der Waals surface area contributed by atoms with Crippen molar-refractivity contribution in [3.8, 4) is 0 Å². The number of unbranched alkanes of at least 4 members (excludes halogenated alkanes) is 1. The number of hydrogen-bond acceptors (Lipinski definition) is 4. The standard InChI is InChI=1S/C24H30BrCl2N3O4S/c1-4-6-14-28-24(32)21(5-2)29(15-17-19(26)11-9-12-20(17)27)23(31)16-30(35(3,33)34)22-13-8-7-10-18(22)25/h7-13,21H,4-6,14-16H2,1-3H3,(H,28,32)/t21-/m0/s1. The van der Waals surface area contributed by atoms with Crippen LogP contribution in [0.2, 0.25) is 10.0 Å². The molecule has 0 spiro atoms. The van der Waals surface area contributed by atoms with Gasteiger partial charge in [-0.1, -0.05) is 61.7 Å². The van der Waals surface area contributed by atoms with E-state index in [1.807, 2.05) is 6.92 Å². The molecule has 192 valence electrons. The van der Waals surface area contributed by atoms with E-state index in [2.05, 4.69) is 21.2 Å². The molecule has 0 radical (unpaired) electrons. The topological polar surface area (TPSA) is 86.8 Å². The fourth-order valence-corrected chi connectivity index (χ4v) is 5.52. The molecular formula is C24H30BrCl2N3O4S. The molecule has 2 rings (SSSR count). The number of sulfonamides is 1. The van der Waals surface area contributed by atoms with Gasteiger partial charge in [0.2, 0.25) is 21.8 Å². The minimum absolute atomic E-state index is 0.0510. The molecule has 2 amide bonds. The third kappa shape index (κ3) is 8.10. The number of rotatable bonds is 12. The molecule has 11 heteroatoms. The molecule has 0 aliphatic rings. The Morgan fingerprint density at radius 1 is 1.06 bits per heavy atom. The van der Waals surface area contributed by atoms with Crippen molar-refractivity contribution in [1.29, 1.82) is 0 Å². The van der Waals surface area contributed by atoms with E-state index in [1.165, 1.54) is 4.90 Å². The van der Waals surface area contributed by atoms with E-state index >= 15 is 0 Å². The van der Waals surface area contributed by atoms with Crippen molar-refractivity contribution in [2.75, 3.05) is 23.7 Å². The molecule has 0 bridgehead atoms. The summed E-state index contributed by atoms with van der Waals surface area (Å²) in [6.07, 6.45) is 3.06. The van der Waals surface area contributed by atoms with E-state index in [4.69, 9.17) is 23.2 Å². The van der Waals surface area contributed by atoms with Crippen molar-refractivity contribution in [3.05, 3.63) is 62.5 Å². The van der Waals surface area contributed by atoms with Crippen LogP contribution in [0, 0.1) is 0 Å². The molecule has 7 nitrogen and oxygen atoms in total. The minimum atomic E-state index is -3.83. The highest BCUT2D eigenvalue weighted by atomic mass is 79.9. The van der Waals surface area contributed by atoms with E-state index < -0.39 is 28.5 Å². The zero-order valence-electron chi connectivity index (χ0n) is 19.9. The predicted molar refractivity (Wildman–Crippen MR) is 145 cm³/mol. The number of nitrogens with zero attached hydrogens (tertiary/aromatic N) is 2. The van der Waals surface area contributed by atoms with E-state index in [0.717, 1.165) is 23.4 Å². The lowest BCUT2D eigenvalue weighted by molar-refractivity contribution is -0.140. The zero-order valence-corrected chi connectivity index (χ0v) is 23.8. The third-order valence-corrected chi connectivity index (χ3v) is 7.91. The molecule has 0 aliphatic heterocycles. The van der Waals surface area contributed by atoms with E-state index in [-0.39, 0.29) is 12.5 Å². The summed E-state index contributed by atoms with van der Waals surface area (Å²) in [6, 6.07) is 10.9. The van der Waals surface area contributed by atoms with E-state index in [1.54, 1.807) is 49.4 Å². The van der Waals surface area contributed by atoms with Gasteiger partial charge in [0.25, 0.3) is 0 Å². The molecule has 0 unspecified atom stereocenters. The van der Waals surface area contributed by atoms with Crippen LogP contribution in [0.5, 0.6) is 0 Å². The van der Waals surface area contributed by atoms with Gasteiger partial charge < -0.3 is 10.2 Å². The largest absolute Gasteiger partial charge is 0.354 e. The molecule has 1 atom stereocenters. The molecule has 0 fully saturated rings. The van der Waals surface area contributed by atoms with Gasteiger partial charge in [-0.2, -0.15) is 0 Å². The zero-order chi connectivity index (χ0) is 26.2. The molecule has 2 aromatic carbocycles. The van der Waals surface area contributed by atoms with Gasteiger partial charge in [0.1, 0.15) is 12.6 Å². The number of para-hydroxylation sites is 1. The van der Waals surface area contributed by atoms with Gasteiger partial charge in [0, 0.05) is 33.2 Å². The summed E-state index contributed by atoms with van der Waals surface area (Å²) in [5, 5.41) is 3.57. The van der Waals surface area contributed by atoms with E-state index in [0.29, 0.717) is 38.7 Å². The van der Waals surface area contributed by atoms with Crippen molar-refractivity contribution < 1.29 is 18.0 Å². The maximum absolute atomic E-state index is 13.7.